The molecular weight excluding hydrogens is 258 g/mol. The minimum Gasteiger partial charge on any atom is -0.478 e. The van der Waals surface area contributed by atoms with Crippen LogP contribution in [0.2, 0.25) is 0 Å². The number of hydrogen-bond acceptors (Lipinski definition) is 6. The molecule has 6 heteroatoms. The quantitative estimate of drug-likeness (QED) is 0.780. The molecule has 0 aromatic carbocycles. The number of anilines is 1. The van der Waals surface area contributed by atoms with Crippen molar-refractivity contribution in [1.29, 1.82) is 0 Å². The summed E-state index contributed by atoms with van der Waals surface area (Å²) in [6.07, 6.45) is 1.82. The van der Waals surface area contributed by atoms with Gasteiger partial charge >= 0.3 is 5.97 Å². The molecular formula is C14H21N3O3. The number of ether oxygens (including phenoxy) is 2. The van der Waals surface area contributed by atoms with Gasteiger partial charge in [-0.3, -0.25) is 4.79 Å². The monoisotopic (exact) mass is 279 g/mol. The van der Waals surface area contributed by atoms with Gasteiger partial charge in [-0.1, -0.05) is 0 Å². The molecule has 0 N–H and O–H groups in total. The standard InChI is InChI=1S/C14H21N3O3/c1-4-20-13-8-12(15-10(2)16-13)17-7-5-6-11(9-17)14(18)19-3/h8,11H,4-7,9H2,1-3H3. The van der Waals surface area contributed by atoms with Gasteiger partial charge in [-0.25, -0.2) is 4.98 Å². The third-order valence-electron chi connectivity index (χ3n) is 3.37. The number of hydrogen-bond donors (Lipinski definition) is 0. The van der Waals surface area contributed by atoms with Gasteiger partial charge in [0.15, 0.2) is 0 Å². The van der Waals surface area contributed by atoms with E-state index >= 15 is 0 Å². The van der Waals surface area contributed by atoms with Gasteiger partial charge in [0.25, 0.3) is 0 Å². The Labute approximate surface area is 119 Å². The largest absolute Gasteiger partial charge is 0.478 e. The molecule has 1 aromatic heterocycles. The molecule has 20 heavy (non-hydrogen) atoms. The Balaban J connectivity index is 2.15. The Morgan fingerprint density at radius 3 is 3.00 bits per heavy atom. The first-order valence-electron chi connectivity index (χ1n) is 6.95. The normalized spacial score (nSPS) is 18.8. The van der Waals surface area contributed by atoms with Gasteiger partial charge in [-0.15, -0.1) is 0 Å². The van der Waals surface area contributed by atoms with Crippen molar-refractivity contribution < 1.29 is 14.3 Å². The molecule has 2 rings (SSSR count). The highest BCUT2D eigenvalue weighted by Gasteiger charge is 2.27. The third-order valence-corrected chi connectivity index (χ3v) is 3.37. The lowest BCUT2D eigenvalue weighted by Crippen LogP contribution is -2.39. The zero-order chi connectivity index (χ0) is 14.5. The van der Waals surface area contributed by atoms with Gasteiger partial charge in [-0.05, 0) is 26.7 Å². The lowest BCUT2D eigenvalue weighted by Gasteiger charge is -2.32. The maximum atomic E-state index is 11.7. The molecule has 0 amide bonds. The fourth-order valence-corrected chi connectivity index (χ4v) is 2.45. The summed E-state index contributed by atoms with van der Waals surface area (Å²) in [6.45, 7) is 5.85. The van der Waals surface area contributed by atoms with Crippen LogP contribution < -0.4 is 9.64 Å². The molecule has 110 valence electrons. The average molecular weight is 279 g/mol. The van der Waals surface area contributed by atoms with Crippen LogP contribution in [0.5, 0.6) is 5.88 Å². The second-order valence-electron chi connectivity index (χ2n) is 4.85. The number of aromatic nitrogens is 2. The predicted octanol–water partition coefficient (Wildman–Crippen LogP) is 1.57. The molecule has 0 radical (unpaired) electrons. The van der Waals surface area contributed by atoms with Crippen molar-refractivity contribution in [2.45, 2.75) is 26.7 Å². The predicted molar refractivity (Wildman–Crippen MR) is 74.9 cm³/mol. The van der Waals surface area contributed by atoms with Crippen molar-refractivity contribution >= 4 is 11.8 Å². The molecule has 1 aliphatic rings. The van der Waals surface area contributed by atoms with Crippen LogP contribution in [0.25, 0.3) is 0 Å². The lowest BCUT2D eigenvalue weighted by atomic mass is 9.98. The van der Waals surface area contributed by atoms with E-state index in [0.717, 1.165) is 25.2 Å². The van der Waals surface area contributed by atoms with E-state index in [0.29, 0.717) is 24.9 Å². The fraction of sp³-hybridized carbons (Fsp3) is 0.643. The summed E-state index contributed by atoms with van der Waals surface area (Å²) in [5.74, 6) is 1.83. The molecule has 0 spiro atoms. The zero-order valence-corrected chi connectivity index (χ0v) is 12.3. The van der Waals surface area contributed by atoms with E-state index < -0.39 is 0 Å². The fourth-order valence-electron chi connectivity index (χ4n) is 2.45. The van der Waals surface area contributed by atoms with E-state index in [1.54, 1.807) is 0 Å². The maximum Gasteiger partial charge on any atom is 0.310 e. The molecule has 0 aliphatic carbocycles. The van der Waals surface area contributed by atoms with Crippen LogP contribution in [0.15, 0.2) is 6.07 Å². The van der Waals surface area contributed by atoms with Crippen molar-refractivity contribution in [2.24, 2.45) is 5.92 Å². The first-order valence-corrected chi connectivity index (χ1v) is 6.95. The molecule has 6 nitrogen and oxygen atoms in total. The van der Waals surface area contributed by atoms with Crippen LogP contribution >= 0.6 is 0 Å². The minimum absolute atomic E-state index is 0.0837. The summed E-state index contributed by atoms with van der Waals surface area (Å²) < 4.78 is 10.3. The average Bonchev–Trinajstić information content (AvgIpc) is 2.46. The summed E-state index contributed by atoms with van der Waals surface area (Å²) in [5.41, 5.74) is 0. The number of rotatable bonds is 4. The molecule has 1 fully saturated rings. The Kier molecular flexibility index (Phi) is 4.76. The number of aryl methyl sites for hydroxylation is 1. The second kappa shape index (κ2) is 6.54. The summed E-state index contributed by atoms with van der Waals surface area (Å²) in [6, 6.07) is 1.83. The van der Waals surface area contributed by atoms with E-state index in [1.807, 2.05) is 19.9 Å². The van der Waals surface area contributed by atoms with Gasteiger partial charge in [0.05, 0.1) is 19.6 Å². The van der Waals surface area contributed by atoms with Crippen LogP contribution in [0.4, 0.5) is 5.82 Å². The van der Waals surface area contributed by atoms with Gasteiger partial charge in [-0.2, -0.15) is 4.98 Å². The van der Waals surface area contributed by atoms with E-state index in [9.17, 15) is 4.79 Å². The molecule has 1 unspecified atom stereocenters. The van der Waals surface area contributed by atoms with E-state index in [4.69, 9.17) is 9.47 Å². The summed E-state index contributed by atoms with van der Waals surface area (Å²) in [7, 11) is 1.43. The van der Waals surface area contributed by atoms with Crippen LogP contribution in [0.3, 0.4) is 0 Å². The highest BCUT2D eigenvalue weighted by Crippen LogP contribution is 2.24. The minimum atomic E-state index is -0.148. The topological polar surface area (TPSA) is 64.5 Å². The van der Waals surface area contributed by atoms with E-state index in [2.05, 4.69) is 14.9 Å². The summed E-state index contributed by atoms with van der Waals surface area (Å²) in [4.78, 5) is 22.5. The van der Waals surface area contributed by atoms with Crippen LogP contribution in [0, 0.1) is 12.8 Å². The van der Waals surface area contributed by atoms with Gasteiger partial charge in [0, 0.05) is 19.2 Å². The number of esters is 1. The highest BCUT2D eigenvalue weighted by molar-refractivity contribution is 5.73. The van der Waals surface area contributed by atoms with Crippen LogP contribution in [0.1, 0.15) is 25.6 Å². The van der Waals surface area contributed by atoms with E-state index in [-0.39, 0.29) is 11.9 Å². The zero-order valence-electron chi connectivity index (χ0n) is 12.3. The molecule has 2 heterocycles. The van der Waals surface area contributed by atoms with Gasteiger partial charge in [0.1, 0.15) is 11.6 Å². The first kappa shape index (κ1) is 14.6. The molecule has 1 saturated heterocycles. The summed E-state index contributed by atoms with van der Waals surface area (Å²) in [5, 5.41) is 0. The third kappa shape index (κ3) is 3.37. The van der Waals surface area contributed by atoms with Crippen molar-refractivity contribution in [3.8, 4) is 5.88 Å². The Morgan fingerprint density at radius 1 is 1.50 bits per heavy atom. The van der Waals surface area contributed by atoms with E-state index in [1.165, 1.54) is 7.11 Å². The van der Waals surface area contributed by atoms with Crippen LogP contribution in [-0.4, -0.2) is 42.7 Å². The molecule has 1 aliphatic heterocycles. The number of carbonyl (C=O) groups is 1. The van der Waals surface area contributed by atoms with Crippen molar-refractivity contribution in [1.82, 2.24) is 9.97 Å². The van der Waals surface area contributed by atoms with Crippen molar-refractivity contribution in [2.75, 3.05) is 31.7 Å². The number of nitrogens with zero attached hydrogens (tertiary/aromatic N) is 3. The summed E-state index contributed by atoms with van der Waals surface area (Å²) >= 11 is 0. The van der Waals surface area contributed by atoms with Gasteiger partial charge < -0.3 is 14.4 Å². The Hall–Kier alpha value is -1.85. The Bertz CT molecular complexity index is 479. The number of carbonyl (C=O) groups excluding carboxylic acids is 1. The lowest BCUT2D eigenvalue weighted by molar-refractivity contribution is -0.145. The molecule has 1 atom stereocenters. The highest BCUT2D eigenvalue weighted by atomic mass is 16.5. The number of piperidine rings is 1. The molecule has 1 aromatic rings. The first-order chi connectivity index (χ1) is 9.63. The maximum absolute atomic E-state index is 11.7. The SMILES string of the molecule is CCOc1cc(N2CCCC(C(=O)OC)C2)nc(C)n1. The number of methoxy groups -OCH3 is 1. The second-order valence-corrected chi connectivity index (χ2v) is 4.85. The molecule has 0 bridgehead atoms. The van der Waals surface area contributed by atoms with Crippen molar-refractivity contribution in [3.05, 3.63) is 11.9 Å². The van der Waals surface area contributed by atoms with Crippen molar-refractivity contribution in [3.63, 3.8) is 0 Å². The Morgan fingerprint density at radius 2 is 2.30 bits per heavy atom. The molecule has 0 saturated carbocycles. The van der Waals surface area contributed by atoms with Gasteiger partial charge in [0.2, 0.25) is 5.88 Å². The smallest absolute Gasteiger partial charge is 0.310 e. The van der Waals surface area contributed by atoms with Crippen LogP contribution in [-0.2, 0) is 9.53 Å².